The standard InChI is InChI=1S/C56H48O2Si/c1-35-15-27-45-49(55(35)43-23-19-41(20-24-43)39-11-7-5-8-12-39)31-47(53-29-17-37(3)57-53)51(45)33-59-34-52-46-28-16-36(2)56(50(46)32-48(52)54-30-18-38(4)58-54)44-25-21-42(22-26-44)40-13-9-6-10-14-40/h5-32,51-52H,33-34,59H2,1-4H3. The summed E-state index contributed by atoms with van der Waals surface area (Å²) in [6, 6.07) is 59.9. The molecule has 10 rings (SSSR count). The zero-order chi connectivity index (χ0) is 40.0. The number of aryl methyl sites for hydroxylation is 4. The fourth-order valence-corrected chi connectivity index (χ4v) is 12.1. The third-order valence-corrected chi connectivity index (χ3v) is 14.6. The van der Waals surface area contributed by atoms with Crippen molar-refractivity contribution in [3.8, 4) is 44.5 Å². The Kier molecular flexibility index (Phi) is 9.62. The number of rotatable bonds is 10. The normalized spacial score (nSPS) is 15.7. The monoisotopic (exact) mass is 780 g/mol. The summed E-state index contributed by atoms with van der Waals surface area (Å²) in [6.45, 7) is 8.61. The Balaban J connectivity index is 0.979. The number of hydrogen-bond acceptors (Lipinski definition) is 2. The minimum absolute atomic E-state index is 0.293. The molecule has 0 N–H and O–H groups in total. The van der Waals surface area contributed by atoms with Crippen LogP contribution in [-0.2, 0) is 0 Å². The van der Waals surface area contributed by atoms with Crippen LogP contribution in [0, 0.1) is 27.7 Å². The number of furan rings is 2. The summed E-state index contributed by atoms with van der Waals surface area (Å²) in [7, 11) is -0.591. The van der Waals surface area contributed by atoms with Crippen LogP contribution in [0.1, 0.15) is 68.3 Å². The molecule has 59 heavy (non-hydrogen) atoms. The fraction of sp³-hybridized carbons (Fsp3) is 0.143. The molecular weight excluding hydrogens is 733 g/mol. The topological polar surface area (TPSA) is 26.3 Å². The van der Waals surface area contributed by atoms with Gasteiger partial charge in [0.2, 0.25) is 0 Å². The van der Waals surface area contributed by atoms with Crippen LogP contribution < -0.4 is 0 Å². The minimum atomic E-state index is -0.591. The molecule has 0 bridgehead atoms. The van der Waals surface area contributed by atoms with Crippen molar-refractivity contribution in [2.24, 2.45) is 0 Å². The van der Waals surface area contributed by atoms with Gasteiger partial charge in [0.25, 0.3) is 0 Å². The van der Waals surface area contributed by atoms with E-state index in [0.717, 1.165) is 35.1 Å². The molecule has 2 unspecified atom stereocenters. The average molecular weight is 781 g/mol. The second-order valence-corrected chi connectivity index (χ2v) is 18.3. The second-order valence-electron chi connectivity index (χ2n) is 16.5. The van der Waals surface area contributed by atoms with Crippen molar-refractivity contribution in [3.05, 3.63) is 214 Å². The first-order valence-corrected chi connectivity index (χ1v) is 23.0. The summed E-state index contributed by atoms with van der Waals surface area (Å²) in [5, 5.41) is 0. The number of benzene rings is 6. The Bertz CT molecular complexity index is 2670. The molecule has 0 amide bonds. The van der Waals surface area contributed by atoms with Gasteiger partial charge in [-0.3, -0.25) is 0 Å². The highest BCUT2D eigenvalue weighted by atomic mass is 28.2. The molecule has 0 spiro atoms. The first-order chi connectivity index (χ1) is 28.9. The van der Waals surface area contributed by atoms with E-state index >= 15 is 0 Å². The first-order valence-electron chi connectivity index (χ1n) is 21.0. The summed E-state index contributed by atoms with van der Waals surface area (Å²) in [5.74, 6) is 4.48. The molecule has 2 nitrogen and oxygen atoms in total. The molecule has 0 aliphatic heterocycles. The van der Waals surface area contributed by atoms with Crippen LogP contribution in [0.3, 0.4) is 0 Å². The maximum atomic E-state index is 6.40. The van der Waals surface area contributed by atoms with Crippen molar-refractivity contribution in [3.63, 3.8) is 0 Å². The lowest BCUT2D eigenvalue weighted by Crippen LogP contribution is -2.08. The van der Waals surface area contributed by atoms with E-state index in [9.17, 15) is 0 Å². The summed E-state index contributed by atoms with van der Waals surface area (Å²) in [6.07, 6.45) is 4.89. The van der Waals surface area contributed by atoms with Crippen molar-refractivity contribution in [2.45, 2.75) is 51.6 Å². The van der Waals surface area contributed by atoms with Crippen LogP contribution in [0.4, 0.5) is 0 Å². The lowest BCUT2D eigenvalue weighted by atomic mass is 9.89. The lowest BCUT2D eigenvalue weighted by molar-refractivity contribution is 0.518. The van der Waals surface area contributed by atoms with Gasteiger partial charge in [0.15, 0.2) is 0 Å². The maximum absolute atomic E-state index is 6.40. The lowest BCUT2D eigenvalue weighted by Gasteiger charge is -2.21. The third kappa shape index (κ3) is 6.90. The Morgan fingerprint density at radius 1 is 0.390 bits per heavy atom. The van der Waals surface area contributed by atoms with Crippen molar-refractivity contribution < 1.29 is 8.83 Å². The van der Waals surface area contributed by atoms with Crippen LogP contribution >= 0.6 is 0 Å². The van der Waals surface area contributed by atoms with Crippen LogP contribution in [0.25, 0.3) is 67.8 Å². The van der Waals surface area contributed by atoms with E-state index in [1.54, 1.807) is 0 Å². The molecule has 0 saturated carbocycles. The van der Waals surface area contributed by atoms with Crippen molar-refractivity contribution in [1.82, 2.24) is 0 Å². The molecule has 288 valence electrons. The zero-order valence-corrected chi connectivity index (χ0v) is 35.7. The van der Waals surface area contributed by atoms with Gasteiger partial charge in [-0.05, 0) is 142 Å². The molecule has 3 heteroatoms. The van der Waals surface area contributed by atoms with Crippen LogP contribution in [-0.4, -0.2) is 9.52 Å². The maximum Gasteiger partial charge on any atom is 0.130 e. The number of hydrogen-bond donors (Lipinski definition) is 0. The van der Waals surface area contributed by atoms with Gasteiger partial charge >= 0.3 is 0 Å². The van der Waals surface area contributed by atoms with E-state index in [0.29, 0.717) is 11.8 Å². The SMILES string of the molecule is Cc1ccc(C2=Cc3c(ccc(C)c3-c3ccc(-c4ccccc4)cc3)C2C[SiH2]CC2C(c3ccc(C)o3)=Cc3c2ccc(C)c3-c2ccc(-c3ccccc3)cc2)o1. The van der Waals surface area contributed by atoms with Gasteiger partial charge in [-0.1, -0.05) is 146 Å². The smallest absolute Gasteiger partial charge is 0.130 e. The zero-order valence-electron chi connectivity index (χ0n) is 34.3. The highest BCUT2D eigenvalue weighted by Gasteiger charge is 2.33. The molecule has 0 radical (unpaired) electrons. The van der Waals surface area contributed by atoms with Gasteiger partial charge in [0.05, 0.1) is 0 Å². The van der Waals surface area contributed by atoms with E-state index in [2.05, 4.69) is 198 Å². The molecule has 8 aromatic rings. The van der Waals surface area contributed by atoms with E-state index in [4.69, 9.17) is 8.83 Å². The Morgan fingerprint density at radius 2 is 0.763 bits per heavy atom. The first kappa shape index (κ1) is 36.9. The number of allylic oxidation sites excluding steroid dienone is 2. The van der Waals surface area contributed by atoms with E-state index < -0.39 is 9.52 Å². The van der Waals surface area contributed by atoms with Gasteiger partial charge < -0.3 is 8.83 Å². The predicted molar refractivity (Wildman–Crippen MR) is 250 cm³/mol. The summed E-state index contributed by atoms with van der Waals surface area (Å²) in [5.41, 5.74) is 20.9. The van der Waals surface area contributed by atoms with E-state index in [1.807, 2.05) is 0 Å². The molecule has 2 heterocycles. The molecule has 0 saturated heterocycles. The van der Waals surface area contributed by atoms with Crippen LogP contribution in [0.5, 0.6) is 0 Å². The summed E-state index contributed by atoms with van der Waals surface area (Å²) < 4.78 is 12.8. The average Bonchev–Trinajstić information content (AvgIpc) is 4.07. The predicted octanol–water partition coefficient (Wildman–Crippen LogP) is 14.8. The van der Waals surface area contributed by atoms with Crippen molar-refractivity contribution in [2.75, 3.05) is 0 Å². The van der Waals surface area contributed by atoms with Gasteiger partial charge in [-0.25, -0.2) is 0 Å². The van der Waals surface area contributed by atoms with Gasteiger partial charge in [0.1, 0.15) is 23.0 Å². The van der Waals surface area contributed by atoms with Crippen molar-refractivity contribution >= 4 is 32.8 Å². The summed E-state index contributed by atoms with van der Waals surface area (Å²) in [4.78, 5) is 0. The fourth-order valence-electron chi connectivity index (χ4n) is 9.75. The van der Waals surface area contributed by atoms with E-state index in [1.165, 1.54) is 89.0 Å². The second kappa shape index (κ2) is 15.4. The minimum Gasteiger partial charge on any atom is -0.462 e. The summed E-state index contributed by atoms with van der Waals surface area (Å²) >= 11 is 0. The molecular formula is C56H48O2Si. The van der Waals surface area contributed by atoms with Crippen LogP contribution in [0.15, 0.2) is 167 Å². The molecule has 6 aromatic carbocycles. The van der Waals surface area contributed by atoms with E-state index in [-0.39, 0.29) is 0 Å². The molecule has 2 aliphatic rings. The third-order valence-electron chi connectivity index (χ3n) is 12.7. The quantitative estimate of drug-likeness (QED) is 0.129. The van der Waals surface area contributed by atoms with Crippen LogP contribution in [0.2, 0.25) is 12.1 Å². The van der Waals surface area contributed by atoms with Gasteiger partial charge in [-0.15, -0.1) is 0 Å². The Morgan fingerprint density at radius 3 is 1.14 bits per heavy atom. The highest BCUT2D eigenvalue weighted by Crippen LogP contribution is 2.51. The molecule has 2 aromatic heterocycles. The largest absolute Gasteiger partial charge is 0.462 e. The molecule has 2 atom stereocenters. The highest BCUT2D eigenvalue weighted by molar-refractivity contribution is 6.37. The molecule has 2 aliphatic carbocycles. The Labute approximate surface area is 350 Å². The number of fused-ring (bicyclic) bond motifs is 2. The van der Waals surface area contributed by atoms with Gasteiger partial charge in [-0.2, -0.15) is 0 Å². The molecule has 0 fully saturated rings. The van der Waals surface area contributed by atoms with Crippen molar-refractivity contribution in [1.29, 1.82) is 0 Å². The van der Waals surface area contributed by atoms with Gasteiger partial charge in [0, 0.05) is 32.5 Å². The Hall–Kier alpha value is -6.42.